The molecule has 2 aromatic carbocycles. The number of nitrogens with zero attached hydrogens (tertiary/aromatic N) is 2. The lowest BCUT2D eigenvalue weighted by Crippen LogP contribution is -2.16. The summed E-state index contributed by atoms with van der Waals surface area (Å²) in [4.78, 5) is 4.33. The second kappa shape index (κ2) is 6.90. The third-order valence-corrected chi connectivity index (χ3v) is 4.10. The van der Waals surface area contributed by atoms with E-state index in [-0.39, 0.29) is 0 Å². The highest BCUT2D eigenvalue weighted by molar-refractivity contribution is 5.81. The predicted octanol–water partition coefficient (Wildman–Crippen LogP) is 4.99. The summed E-state index contributed by atoms with van der Waals surface area (Å²) < 4.78 is 0. The van der Waals surface area contributed by atoms with Crippen LogP contribution in [0.1, 0.15) is 16.7 Å². The van der Waals surface area contributed by atoms with Gasteiger partial charge < -0.3 is 9.80 Å². The van der Waals surface area contributed by atoms with E-state index in [1.807, 2.05) is 0 Å². The van der Waals surface area contributed by atoms with Crippen molar-refractivity contribution in [2.24, 2.45) is 0 Å². The van der Waals surface area contributed by atoms with E-state index in [9.17, 15) is 0 Å². The van der Waals surface area contributed by atoms with Gasteiger partial charge in [0.25, 0.3) is 0 Å². The lowest BCUT2D eigenvalue weighted by molar-refractivity contribution is 0.402. The van der Waals surface area contributed by atoms with Gasteiger partial charge in [0, 0.05) is 24.1 Å². The Labute approximate surface area is 145 Å². The van der Waals surface area contributed by atoms with Crippen molar-refractivity contribution in [1.29, 1.82) is 0 Å². The molecule has 0 bridgehead atoms. The minimum Gasteiger partial charge on any atom is -0.317 e. The van der Waals surface area contributed by atoms with Crippen molar-refractivity contribution in [1.82, 2.24) is 4.90 Å². The van der Waals surface area contributed by atoms with Crippen LogP contribution in [0.25, 0.3) is 5.57 Å². The fraction of sp³-hybridized carbons (Fsp3) is 0.182. The lowest BCUT2D eigenvalue weighted by atomic mass is 10.0. The standard InChI is InChI=1S/C22H24N2/c1-17-6-5-7-22(14-17)24-16-21(11-8-18(24)2)20-12-9-19(10-13-20)15-23(3)4/h5-14,16H,2,15H2,1,3-4H3. The lowest BCUT2D eigenvalue weighted by Gasteiger charge is -2.26. The molecule has 0 aromatic heterocycles. The zero-order valence-corrected chi connectivity index (χ0v) is 14.7. The van der Waals surface area contributed by atoms with Crippen LogP contribution >= 0.6 is 0 Å². The second-order valence-electron chi connectivity index (χ2n) is 6.55. The maximum Gasteiger partial charge on any atom is 0.0458 e. The van der Waals surface area contributed by atoms with Crippen molar-refractivity contribution in [3.05, 3.63) is 95.8 Å². The minimum absolute atomic E-state index is 0.960. The van der Waals surface area contributed by atoms with Gasteiger partial charge in [-0.15, -0.1) is 0 Å². The predicted molar refractivity (Wildman–Crippen MR) is 104 cm³/mol. The molecule has 0 radical (unpaired) electrons. The summed E-state index contributed by atoms with van der Waals surface area (Å²) >= 11 is 0. The molecular weight excluding hydrogens is 292 g/mol. The number of hydrogen-bond donors (Lipinski definition) is 0. The van der Waals surface area contributed by atoms with Gasteiger partial charge in [-0.2, -0.15) is 0 Å². The summed E-state index contributed by atoms with van der Waals surface area (Å²) in [5.41, 5.74) is 7.11. The maximum atomic E-state index is 4.17. The molecule has 0 spiro atoms. The molecule has 0 saturated carbocycles. The third-order valence-electron chi connectivity index (χ3n) is 4.10. The van der Waals surface area contributed by atoms with Crippen LogP contribution in [0, 0.1) is 6.92 Å². The molecule has 0 saturated heterocycles. The zero-order chi connectivity index (χ0) is 17.1. The van der Waals surface area contributed by atoms with Gasteiger partial charge in [0.1, 0.15) is 0 Å². The highest BCUT2D eigenvalue weighted by Crippen LogP contribution is 2.29. The molecule has 0 N–H and O–H groups in total. The minimum atomic E-state index is 0.960. The van der Waals surface area contributed by atoms with Gasteiger partial charge in [-0.1, -0.05) is 49.1 Å². The van der Waals surface area contributed by atoms with Crippen molar-refractivity contribution in [3.63, 3.8) is 0 Å². The van der Waals surface area contributed by atoms with Crippen LogP contribution < -0.4 is 4.90 Å². The Morgan fingerprint density at radius 1 is 1.00 bits per heavy atom. The molecule has 0 fully saturated rings. The Balaban J connectivity index is 1.89. The average Bonchev–Trinajstić information content (AvgIpc) is 2.55. The molecule has 2 nitrogen and oxygen atoms in total. The molecule has 0 atom stereocenters. The maximum absolute atomic E-state index is 4.17. The number of hydrogen-bond acceptors (Lipinski definition) is 2. The summed E-state index contributed by atoms with van der Waals surface area (Å²) in [6, 6.07) is 17.3. The first kappa shape index (κ1) is 16.3. The van der Waals surface area contributed by atoms with Crippen molar-refractivity contribution >= 4 is 11.3 Å². The molecule has 1 heterocycles. The first-order chi connectivity index (χ1) is 11.5. The van der Waals surface area contributed by atoms with Gasteiger partial charge in [-0.25, -0.2) is 0 Å². The van der Waals surface area contributed by atoms with E-state index >= 15 is 0 Å². The zero-order valence-electron chi connectivity index (χ0n) is 14.7. The molecule has 24 heavy (non-hydrogen) atoms. The molecular formula is C22H24N2. The summed E-state index contributed by atoms with van der Waals surface area (Å²) in [6.07, 6.45) is 6.37. The molecule has 3 rings (SSSR count). The highest BCUT2D eigenvalue weighted by Gasteiger charge is 2.12. The number of benzene rings is 2. The van der Waals surface area contributed by atoms with Crippen LogP contribution in [0.15, 0.2) is 79.2 Å². The van der Waals surface area contributed by atoms with Crippen LogP contribution in [-0.2, 0) is 6.54 Å². The quantitative estimate of drug-likeness (QED) is 0.784. The van der Waals surface area contributed by atoms with E-state index in [0.29, 0.717) is 0 Å². The first-order valence-electron chi connectivity index (χ1n) is 8.22. The van der Waals surface area contributed by atoms with Crippen molar-refractivity contribution in [2.45, 2.75) is 13.5 Å². The molecule has 1 aliphatic rings. The fourth-order valence-electron chi connectivity index (χ4n) is 2.89. The number of aryl methyl sites for hydroxylation is 1. The van der Waals surface area contributed by atoms with Crippen LogP contribution in [0.3, 0.4) is 0 Å². The Morgan fingerprint density at radius 2 is 1.75 bits per heavy atom. The van der Waals surface area contributed by atoms with E-state index in [1.54, 1.807) is 0 Å². The van der Waals surface area contributed by atoms with Gasteiger partial charge in [0.05, 0.1) is 0 Å². The Morgan fingerprint density at radius 3 is 2.42 bits per heavy atom. The van der Waals surface area contributed by atoms with Crippen LogP contribution in [-0.4, -0.2) is 19.0 Å². The van der Waals surface area contributed by atoms with E-state index in [0.717, 1.165) is 17.9 Å². The molecule has 1 aliphatic heterocycles. The smallest absolute Gasteiger partial charge is 0.0458 e. The number of rotatable bonds is 4. The Hall–Kier alpha value is -2.58. The molecule has 0 aliphatic carbocycles. The topological polar surface area (TPSA) is 6.48 Å². The normalized spacial score (nSPS) is 14.2. The van der Waals surface area contributed by atoms with E-state index in [1.165, 1.54) is 22.3 Å². The average molecular weight is 316 g/mol. The molecule has 2 heteroatoms. The third kappa shape index (κ3) is 3.66. The van der Waals surface area contributed by atoms with Gasteiger partial charge >= 0.3 is 0 Å². The van der Waals surface area contributed by atoms with Crippen molar-refractivity contribution < 1.29 is 0 Å². The summed E-state index contributed by atoms with van der Waals surface area (Å²) in [5, 5.41) is 0. The summed E-state index contributed by atoms with van der Waals surface area (Å²) in [5.74, 6) is 0. The second-order valence-corrected chi connectivity index (χ2v) is 6.55. The number of allylic oxidation sites excluding steroid dienone is 3. The summed E-state index contributed by atoms with van der Waals surface area (Å²) in [6.45, 7) is 7.24. The van der Waals surface area contributed by atoms with Gasteiger partial charge in [0.2, 0.25) is 0 Å². The van der Waals surface area contributed by atoms with Crippen LogP contribution in [0.4, 0.5) is 5.69 Å². The van der Waals surface area contributed by atoms with E-state index in [2.05, 4.69) is 104 Å². The Bertz CT molecular complexity index is 795. The van der Waals surface area contributed by atoms with Crippen molar-refractivity contribution in [2.75, 3.05) is 19.0 Å². The highest BCUT2D eigenvalue weighted by atomic mass is 15.1. The molecule has 2 aromatic rings. The molecule has 0 amide bonds. The summed E-state index contributed by atoms with van der Waals surface area (Å²) in [7, 11) is 4.18. The first-order valence-corrected chi connectivity index (χ1v) is 8.22. The van der Waals surface area contributed by atoms with Crippen molar-refractivity contribution in [3.8, 4) is 0 Å². The van der Waals surface area contributed by atoms with Crippen LogP contribution in [0.5, 0.6) is 0 Å². The number of anilines is 1. The SMILES string of the molecule is C=C1C=CC(c2ccc(CN(C)C)cc2)=CN1c1cccc(C)c1. The fourth-order valence-corrected chi connectivity index (χ4v) is 2.89. The largest absolute Gasteiger partial charge is 0.317 e. The molecule has 0 unspecified atom stereocenters. The monoisotopic (exact) mass is 316 g/mol. The molecule has 122 valence electrons. The van der Waals surface area contributed by atoms with Gasteiger partial charge in [-0.05, 0) is 61.5 Å². The van der Waals surface area contributed by atoms with Gasteiger partial charge in [-0.3, -0.25) is 0 Å². The van der Waals surface area contributed by atoms with Crippen LogP contribution in [0.2, 0.25) is 0 Å². The Kier molecular flexibility index (Phi) is 4.68. The van der Waals surface area contributed by atoms with E-state index in [4.69, 9.17) is 0 Å². The van der Waals surface area contributed by atoms with E-state index < -0.39 is 0 Å². The van der Waals surface area contributed by atoms with Gasteiger partial charge in [0.15, 0.2) is 0 Å².